The first kappa shape index (κ1) is 17.3. The zero-order valence-corrected chi connectivity index (χ0v) is 13.5. The number of carbonyl (C=O) groups excluding carboxylic acids is 1. The third-order valence-electron chi connectivity index (χ3n) is 2.53. The summed E-state index contributed by atoms with van der Waals surface area (Å²) in [6.07, 6.45) is 0. The molecule has 0 radical (unpaired) electrons. The molecule has 0 aliphatic carbocycles. The topological polar surface area (TPSA) is 108 Å². The van der Waals surface area contributed by atoms with Gasteiger partial charge in [0, 0.05) is 11.6 Å². The van der Waals surface area contributed by atoms with Crippen LogP contribution in [0, 0.1) is 0 Å². The van der Waals surface area contributed by atoms with Crippen molar-refractivity contribution in [3.05, 3.63) is 17.7 Å². The molecule has 1 amide bonds. The van der Waals surface area contributed by atoms with Gasteiger partial charge in [0.05, 0.1) is 19.8 Å². The van der Waals surface area contributed by atoms with Crippen LogP contribution in [-0.2, 0) is 10.0 Å². The number of hydrogen-bond donors (Lipinski definition) is 2. The Morgan fingerprint density at radius 1 is 1.14 bits per heavy atom. The number of ether oxygens (including phenoxy) is 2. The smallest absolute Gasteiger partial charge is 0.255 e. The van der Waals surface area contributed by atoms with E-state index < -0.39 is 21.5 Å². The number of hydrogen-bond acceptors (Lipinski definition) is 5. The molecule has 3 N–H and O–H groups in total. The van der Waals surface area contributed by atoms with Crippen LogP contribution >= 0.6 is 0 Å². The number of nitrogens with two attached hydrogens (primary N) is 1. The van der Waals surface area contributed by atoms with E-state index in [1.165, 1.54) is 20.3 Å². The van der Waals surface area contributed by atoms with Crippen molar-refractivity contribution in [3.63, 3.8) is 0 Å². The largest absolute Gasteiger partial charge is 0.496 e. The van der Waals surface area contributed by atoms with Gasteiger partial charge in [-0.15, -0.1) is 0 Å². The minimum Gasteiger partial charge on any atom is -0.496 e. The predicted molar refractivity (Wildman–Crippen MR) is 78.1 cm³/mol. The lowest BCUT2D eigenvalue weighted by atomic mass is 10.1. The van der Waals surface area contributed by atoms with Crippen molar-refractivity contribution >= 4 is 15.9 Å². The molecule has 0 aliphatic rings. The zero-order valence-electron chi connectivity index (χ0n) is 12.7. The van der Waals surface area contributed by atoms with E-state index in [4.69, 9.17) is 14.6 Å². The molecule has 1 aromatic carbocycles. The Labute approximate surface area is 124 Å². The van der Waals surface area contributed by atoms with Crippen LogP contribution in [0.25, 0.3) is 0 Å². The summed E-state index contributed by atoms with van der Waals surface area (Å²) in [5.74, 6) is -0.255. The monoisotopic (exact) mass is 316 g/mol. The lowest BCUT2D eigenvalue weighted by Gasteiger charge is -2.22. The second-order valence-electron chi connectivity index (χ2n) is 5.45. The van der Waals surface area contributed by atoms with Crippen LogP contribution < -0.4 is 19.9 Å². The minimum absolute atomic E-state index is 0.0154. The average molecular weight is 316 g/mol. The van der Waals surface area contributed by atoms with Crippen molar-refractivity contribution in [2.45, 2.75) is 31.2 Å². The van der Waals surface area contributed by atoms with Crippen LogP contribution in [0.15, 0.2) is 17.0 Å². The van der Waals surface area contributed by atoms with Gasteiger partial charge in [0.25, 0.3) is 5.91 Å². The van der Waals surface area contributed by atoms with Gasteiger partial charge in [-0.05, 0) is 26.8 Å². The average Bonchev–Trinajstić information content (AvgIpc) is 2.33. The molecule has 21 heavy (non-hydrogen) atoms. The van der Waals surface area contributed by atoms with Gasteiger partial charge in [0.15, 0.2) is 0 Å². The molecule has 8 heteroatoms. The predicted octanol–water partition coefficient (Wildman–Crippen LogP) is 0.879. The van der Waals surface area contributed by atoms with Gasteiger partial charge in [0.1, 0.15) is 16.4 Å². The normalized spacial score (nSPS) is 11.9. The van der Waals surface area contributed by atoms with Crippen LogP contribution in [0.5, 0.6) is 11.5 Å². The van der Waals surface area contributed by atoms with Gasteiger partial charge >= 0.3 is 0 Å². The van der Waals surface area contributed by atoms with E-state index in [1.54, 1.807) is 0 Å². The number of rotatable bonds is 4. The quantitative estimate of drug-likeness (QED) is 0.857. The maximum absolute atomic E-state index is 12.3. The molecular weight excluding hydrogens is 296 g/mol. The molecule has 0 atom stereocenters. The summed E-state index contributed by atoms with van der Waals surface area (Å²) in [6, 6.07) is 2.46. The van der Waals surface area contributed by atoms with Crippen LogP contribution in [0.1, 0.15) is 31.1 Å². The van der Waals surface area contributed by atoms with E-state index in [0.717, 1.165) is 6.07 Å². The molecule has 1 aromatic rings. The number of primary sulfonamides is 1. The molecule has 0 aromatic heterocycles. The molecule has 7 nitrogen and oxygen atoms in total. The summed E-state index contributed by atoms with van der Waals surface area (Å²) >= 11 is 0. The maximum atomic E-state index is 12.3. The Kier molecular flexibility index (Phi) is 4.85. The number of sulfonamides is 1. The Balaban J connectivity index is 3.48. The first-order valence-corrected chi connectivity index (χ1v) is 7.65. The van der Waals surface area contributed by atoms with Gasteiger partial charge in [-0.1, -0.05) is 0 Å². The third-order valence-corrected chi connectivity index (χ3v) is 3.46. The standard InChI is InChI=1S/C13H20N2O5S/c1-13(2,3)15-12(16)8-6-11(21(14,17)18)10(20-5)7-9(8)19-4/h6-7H,1-5H3,(H,15,16)(H2,14,17,18). The summed E-state index contributed by atoms with van der Waals surface area (Å²) in [4.78, 5) is 12.0. The Hall–Kier alpha value is -1.80. The molecule has 0 unspecified atom stereocenters. The number of nitrogens with one attached hydrogen (secondary N) is 1. The maximum Gasteiger partial charge on any atom is 0.255 e. The Morgan fingerprint density at radius 2 is 1.67 bits per heavy atom. The second kappa shape index (κ2) is 5.90. The van der Waals surface area contributed by atoms with E-state index in [-0.39, 0.29) is 22.0 Å². The fraction of sp³-hybridized carbons (Fsp3) is 0.462. The highest BCUT2D eigenvalue weighted by molar-refractivity contribution is 7.89. The zero-order chi connectivity index (χ0) is 16.4. The van der Waals surface area contributed by atoms with Gasteiger partial charge in [0.2, 0.25) is 10.0 Å². The van der Waals surface area contributed by atoms with Crippen molar-refractivity contribution in [2.75, 3.05) is 14.2 Å². The molecule has 1 rings (SSSR count). The van der Waals surface area contributed by atoms with Gasteiger partial charge in [-0.25, -0.2) is 13.6 Å². The molecule has 0 saturated carbocycles. The van der Waals surface area contributed by atoms with E-state index >= 15 is 0 Å². The molecule has 0 spiro atoms. The molecule has 0 fully saturated rings. The molecular formula is C13H20N2O5S. The number of amides is 1. The summed E-state index contributed by atoms with van der Waals surface area (Å²) in [7, 11) is -1.35. The van der Waals surface area contributed by atoms with Crippen molar-refractivity contribution in [1.29, 1.82) is 0 Å². The van der Waals surface area contributed by atoms with E-state index in [1.807, 2.05) is 20.8 Å². The second-order valence-corrected chi connectivity index (χ2v) is 6.98. The van der Waals surface area contributed by atoms with E-state index in [9.17, 15) is 13.2 Å². The summed E-state index contributed by atoms with van der Waals surface area (Å²) in [5, 5.41) is 7.87. The highest BCUT2D eigenvalue weighted by Gasteiger charge is 2.24. The van der Waals surface area contributed by atoms with Crippen LogP contribution in [0.3, 0.4) is 0 Å². The summed E-state index contributed by atoms with van der Waals surface area (Å²) < 4.78 is 33.3. The lowest BCUT2D eigenvalue weighted by Crippen LogP contribution is -2.40. The van der Waals surface area contributed by atoms with Crippen molar-refractivity contribution < 1.29 is 22.7 Å². The first-order valence-electron chi connectivity index (χ1n) is 6.11. The Morgan fingerprint density at radius 3 is 2.05 bits per heavy atom. The highest BCUT2D eigenvalue weighted by Crippen LogP contribution is 2.31. The fourth-order valence-corrected chi connectivity index (χ4v) is 2.38. The van der Waals surface area contributed by atoms with Gasteiger partial charge < -0.3 is 14.8 Å². The summed E-state index contributed by atoms with van der Waals surface area (Å²) in [6.45, 7) is 5.42. The first-order chi connectivity index (χ1) is 9.49. The Bertz CT molecular complexity index is 647. The molecule has 118 valence electrons. The van der Waals surface area contributed by atoms with Gasteiger partial charge in [-0.2, -0.15) is 0 Å². The van der Waals surface area contributed by atoms with Crippen molar-refractivity contribution in [2.24, 2.45) is 5.14 Å². The number of methoxy groups -OCH3 is 2. The minimum atomic E-state index is -4.03. The highest BCUT2D eigenvalue weighted by atomic mass is 32.2. The number of carbonyl (C=O) groups is 1. The molecule has 0 heterocycles. The lowest BCUT2D eigenvalue weighted by molar-refractivity contribution is 0.0916. The van der Waals surface area contributed by atoms with Crippen molar-refractivity contribution in [1.82, 2.24) is 5.32 Å². The van der Waals surface area contributed by atoms with Crippen LogP contribution in [0.4, 0.5) is 0 Å². The van der Waals surface area contributed by atoms with E-state index in [2.05, 4.69) is 5.32 Å². The molecule has 0 bridgehead atoms. The van der Waals surface area contributed by atoms with Crippen molar-refractivity contribution in [3.8, 4) is 11.5 Å². The number of benzene rings is 1. The summed E-state index contributed by atoms with van der Waals surface area (Å²) in [5.41, 5.74) is -0.415. The SMILES string of the molecule is COc1cc(OC)c(S(N)(=O)=O)cc1C(=O)NC(C)(C)C. The van der Waals surface area contributed by atoms with E-state index in [0.29, 0.717) is 0 Å². The molecule has 0 saturated heterocycles. The molecule has 0 aliphatic heterocycles. The van der Waals surface area contributed by atoms with Crippen LogP contribution in [-0.4, -0.2) is 34.1 Å². The fourth-order valence-electron chi connectivity index (χ4n) is 1.68. The van der Waals surface area contributed by atoms with Gasteiger partial charge in [-0.3, -0.25) is 4.79 Å². The van der Waals surface area contributed by atoms with Crippen LogP contribution in [0.2, 0.25) is 0 Å². The third kappa shape index (κ3) is 4.33.